The van der Waals surface area contributed by atoms with Crippen molar-refractivity contribution in [2.24, 2.45) is 5.73 Å². The molecule has 0 spiro atoms. The van der Waals surface area contributed by atoms with Gasteiger partial charge in [0.05, 0.1) is 13.2 Å². The average Bonchev–Trinajstić information content (AvgIpc) is 2.67. The molecule has 3 rings (SSSR count). The maximum atomic E-state index is 12.0. The van der Waals surface area contributed by atoms with Crippen LogP contribution >= 0.6 is 0 Å². The smallest absolute Gasteiger partial charge is 0.218 e. The summed E-state index contributed by atoms with van der Waals surface area (Å²) in [6.07, 6.45) is 4.69. The first-order valence-electron chi connectivity index (χ1n) is 8.75. The number of amides is 1. The monoisotopic (exact) mass is 339 g/mol. The second kappa shape index (κ2) is 8.23. The molecule has 2 aromatic rings. The third-order valence-electron chi connectivity index (χ3n) is 4.98. The van der Waals surface area contributed by atoms with Gasteiger partial charge in [0.1, 0.15) is 0 Å². The topological polar surface area (TPSA) is 68.5 Å². The van der Waals surface area contributed by atoms with Crippen LogP contribution in [0.2, 0.25) is 0 Å². The number of ether oxygens (including phenoxy) is 1. The molecule has 2 N–H and O–H groups in total. The van der Waals surface area contributed by atoms with Gasteiger partial charge in [-0.05, 0) is 30.2 Å². The number of carbonyl (C=O) groups is 1. The lowest BCUT2D eigenvalue weighted by Crippen LogP contribution is -2.41. The molecule has 0 aliphatic carbocycles. The van der Waals surface area contributed by atoms with Crippen LogP contribution in [0.15, 0.2) is 54.9 Å². The van der Waals surface area contributed by atoms with Crippen molar-refractivity contribution in [3.63, 3.8) is 0 Å². The lowest BCUT2D eigenvalue weighted by Gasteiger charge is -2.37. The van der Waals surface area contributed by atoms with Crippen molar-refractivity contribution in [2.45, 2.75) is 18.3 Å². The Kier molecular flexibility index (Phi) is 5.79. The van der Waals surface area contributed by atoms with Gasteiger partial charge in [0, 0.05) is 37.3 Å². The molecular weight excluding hydrogens is 314 g/mol. The molecule has 1 saturated heterocycles. The van der Waals surface area contributed by atoms with Gasteiger partial charge in [-0.2, -0.15) is 0 Å². The van der Waals surface area contributed by atoms with Crippen molar-refractivity contribution in [2.75, 3.05) is 32.8 Å². The molecule has 1 fully saturated rings. The van der Waals surface area contributed by atoms with E-state index in [9.17, 15) is 4.79 Å². The van der Waals surface area contributed by atoms with Gasteiger partial charge >= 0.3 is 0 Å². The van der Waals surface area contributed by atoms with E-state index in [0.717, 1.165) is 50.4 Å². The van der Waals surface area contributed by atoms with Gasteiger partial charge in [0.25, 0.3) is 0 Å². The van der Waals surface area contributed by atoms with Gasteiger partial charge in [-0.15, -0.1) is 0 Å². The van der Waals surface area contributed by atoms with Crippen molar-refractivity contribution in [1.82, 2.24) is 9.88 Å². The minimum atomic E-state index is -0.459. The second-order valence-electron chi connectivity index (χ2n) is 6.54. The standard InChI is InChI=1S/C20H25N3O2/c21-19(24)15-20(17-5-2-1-3-6-17,18-7-4-9-22-16-18)8-10-23-11-13-25-14-12-23/h1-7,9,16H,8,10-15H2,(H2,21,24). The average molecular weight is 339 g/mol. The minimum absolute atomic E-state index is 0.271. The number of morpholine rings is 1. The van der Waals surface area contributed by atoms with Crippen molar-refractivity contribution < 1.29 is 9.53 Å². The number of benzene rings is 1. The third-order valence-corrected chi connectivity index (χ3v) is 4.98. The largest absolute Gasteiger partial charge is 0.379 e. The summed E-state index contributed by atoms with van der Waals surface area (Å²) in [7, 11) is 0. The zero-order valence-electron chi connectivity index (χ0n) is 14.4. The van der Waals surface area contributed by atoms with E-state index in [2.05, 4.69) is 22.0 Å². The number of pyridine rings is 1. The molecule has 1 aromatic heterocycles. The van der Waals surface area contributed by atoms with Crippen LogP contribution in [0.5, 0.6) is 0 Å². The van der Waals surface area contributed by atoms with Crippen molar-refractivity contribution in [3.05, 3.63) is 66.0 Å². The molecule has 1 aromatic carbocycles. The summed E-state index contributed by atoms with van der Waals surface area (Å²) in [6.45, 7) is 4.27. The van der Waals surface area contributed by atoms with Gasteiger partial charge in [0.2, 0.25) is 5.91 Å². The summed E-state index contributed by atoms with van der Waals surface area (Å²) < 4.78 is 5.44. The Bertz CT molecular complexity index is 630. The lowest BCUT2D eigenvalue weighted by molar-refractivity contribution is -0.119. The first kappa shape index (κ1) is 17.6. The highest BCUT2D eigenvalue weighted by Gasteiger charge is 2.36. The highest BCUT2D eigenvalue weighted by Crippen LogP contribution is 2.38. The number of rotatable bonds is 7. The highest BCUT2D eigenvalue weighted by molar-refractivity contribution is 5.76. The van der Waals surface area contributed by atoms with Crippen LogP contribution in [0.1, 0.15) is 24.0 Å². The number of nitrogens with two attached hydrogens (primary N) is 1. The van der Waals surface area contributed by atoms with Crippen LogP contribution < -0.4 is 5.73 Å². The molecule has 0 bridgehead atoms. The second-order valence-corrected chi connectivity index (χ2v) is 6.54. The number of hydrogen-bond donors (Lipinski definition) is 1. The van der Waals surface area contributed by atoms with Crippen LogP contribution in [-0.4, -0.2) is 48.6 Å². The Balaban J connectivity index is 1.96. The molecule has 5 nitrogen and oxygen atoms in total. The Labute approximate surface area is 148 Å². The Morgan fingerprint density at radius 2 is 1.84 bits per heavy atom. The van der Waals surface area contributed by atoms with Crippen molar-refractivity contribution >= 4 is 5.91 Å². The van der Waals surface area contributed by atoms with Crippen molar-refractivity contribution in [3.8, 4) is 0 Å². The van der Waals surface area contributed by atoms with Gasteiger partial charge in [-0.3, -0.25) is 14.7 Å². The first-order chi connectivity index (χ1) is 12.2. The molecule has 25 heavy (non-hydrogen) atoms. The first-order valence-corrected chi connectivity index (χ1v) is 8.75. The van der Waals surface area contributed by atoms with Crippen LogP contribution in [0.25, 0.3) is 0 Å². The SMILES string of the molecule is NC(=O)CC(CCN1CCOCC1)(c1ccccc1)c1cccnc1. The summed E-state index contributed by atoms with van der Waals surface area (Å²) in [5, 5.41) is 0. The van der Waals surface area contributed by atoms with Gasteiger partial charge in [-0.1, -0.05) is 36.4 Å². The molecule has 1 aliphatic rings. The Hall–Kier alpha value is -2.24. The number of primary amides is 1. The fourth-order valence-electron chi connectivity index (χ4n) is 3.62. The van der Waals surface area contributed by atoms with E-state index in [1.165, 1.54) is 0 Å². The van der Waals surface area contributed by atoms with Crippen LogP contribution in [-0.2, 0) is 14.9 Å². The molecule has 132 valence electrons. The predicted octanol–water partition coefficient (Wildman–Crippen LogP) is 1.97. The van der Waals surface area contributed by atoms with Crippen LogP contribution in [0, 0.1) is 0 Å². The van der Waals surface area contributed by atoms with Gasteiger partial charge in [-0.25, -0.2) is 0 Å². The normalized spacial score (nSPS) is 17.8. The number of aromatic nitrogens is 1. The molecule has 0 radical (unpaired) electrons. The number of nitrogens with zero attached hydrogens (tertiary/aromatic N) is 2. The molecular formula is C20H25N3O2. The summed E-state index contributed by atoms with van der Waals surface area (Å²) in [5.41, 5.74) is 7.35. The molecule has 1 atom stereocenters. The summed E-state index contributed by atoms with van der Waals surface area (Å²) in [6, 6.07) is 14.1. The fourth-order valence-corrected chi connectivity index (χ4v) is 3.62. The highest BCUT2D eigenvalue weighted by atomic mass is 16.5. The molecule has 0 saturated carbocycles. The predicted molar refractivity (Wildman–Crippen MR) is 97.1 cm³/mol. The maximum absolute atomic E-state index is 12.0. The van der Waals surface area contributed by atoms with E-state index in [1.54, 1.807) is 6.20 Å². The van der Waals surface area contributed by atoms with E-state index in [1.807, 2.05) is 36.5 Å². The fraction of sp³-hybridized carbons (Fsp3) is 0.400. The van der Waals surface area contributed by atoms with E-state index in [4.69, 9.17) is 10.5 Å². The Morgan fingerprint density at radius 3 is 2.48 bits per heavy atom. The maximum Gasteiger partial charge on any atom is 0.218 e. The summed E-state index contributed by atoms with van der Waals surface area (Å²) in [4.78, 5) is 18.7. The lowest BCUT2D eigenvalue weighted by atomic mass is 9.70. The zero-order chi connectivity index (χ0) is 17.5. The van der Waals surface area contributed by atoms with Crippen LogP contribution in [0.3, 0.4) is 0 Å². The summed E-state index contributed by atoms with van der Waals surface area (Å²) in [5.74, 6) is -0.297. The number of carbonyl (C=O) groups excluding carboxylic acids is 1. The third kappa shape index (κ3) is 4.24. The van der Waals surface area contributed by atoms with Crippen LogP contribution in [0.4, 0.5) is 0 Å². The molecule has 1 amide bonds. The zero-order valence-corrected chi connectivity index (χ0v) is 14.4. The van der Waals surface area contributed by atoms with E-state index in [-0.39, 0.29) is 12.3 Å². The van der Waals surface area contributed by atoms with Gasteiger partial charge < -0.3 is 10.5 Å². The minimum Gasteiger partial charge on any atom is -0.379 e. The summed E-state index contributed by atoms with van der Waals surface area (Å²) >= 11 is 0. The quantitative estimate of drug-likeness (QED) is 0.837. The van der Waals surface area contributed by atoms with Gasteiger partial charge in [0.15, 0.2) is 0 Å². The molecule has 1 aliphatic heterocycles. The van der Waals surface area contributed by atoms with E-state index >= 15 is 0 Å². The molecule has 2 heterocycles. The molecule has 1 unspecified atom stereocenters. The Morgan fingerprint density at radius 1 is 1.12 bits per heavy atom. The van der Waals surface area contributed by atoms with Crippen molar-refractivity contribution in [1.29, 1.82) is 0 Å². The number of hydrogen-bond acceptors (Lipinski definition) is 4. The molecule has 5 heteroatoms. The van der Waals surface area contributed by atoms with E-state index < -0.39 is 5.41 Å². The van der Waals surface area contributed by atoms with E-state index in [0.29, 0.717) is 0 Å².